The van der Waals surface area contributed by atoms with Gasteiger partial charge in [-0.3, -0.25) is 9.48 Å². The number of aromatic nitrogens is 2. The van der Waals surface area contributed by atoms with E-state index in [9.17, 15) is 14.7 Å². The molecule has 0 unspecified atom stereocenters. The molecule has 0 saturated heterocycles. The van der Waals surface area contributed by atoms with Crippen molar-refractivity contribution >= 4 is 11.9 Å². The lowest BCUT2D eigenvalue weighted by Gasteiger charge is -2.36. The standard InChI is InChI=1S/C16H25N3O3/c1-10(2)12-9-13(19(4)18-12)14(20)17-16(15(21)22)7-5-11(3)6-8-16/h9-11H,5-8H2,1-4H3,(H,17,20)(H,21,22). The van der Waals surface area contributed by atoms with Gasteiger partial charge in [0.15, 0.2) is 0 Å². The smallest absolute Gasteiger partial charge is 0.329 e. The number of aryl methyl sites for hydroxylation is 1. The van der Waals surface area contributed by atoms with Gasteiger partial charge in [-0.2, -0.15) is 5.10 Å². The lowest BCUT2D eigenvalue weighted by Crippen LogP contribution is -2.56. The van der Waals surface area contributed by atoms with Crippen LogP contribution in [0.3, 0.4) is 0 Å². The van der Waals surface area contributed by atoms with E-state index in [0.717, 1.165) is 18.5 Å². The number of nitrogens with zero attached hydrogens (tertiary/aromatic N) is 2. The Hall–Kier alpha value is -1.85. The first kappa shape index (κ1) is 16.5. The fourth-order valence-electron chi connectivity index (χ4n) is 2.91. The normalized spacial score (nSPS) is 25.2. The molecule has 1 saturated carbocycles. The molecule has 1 heterocycles. The molecule has 1 aromatic rings. The number of carboxylic acid groups (broad SMARTS) is 1. The zero-order valence-electron chi connectivity index (χ0n) is 13.7. The van der Waals surface area contributed by atoms with Crippen LogP contribution in [0.15, 0.2) is 6.07 Å². The third-order valence-electron chi connectivity index (χ3n) is 4.61. The van der Waals surface area contributed by atoms with Gasteiger partial charge >= 0.3 is 5.97 Å². The van der Waals surface area contributed by atoms with Crippen LogP contribution in [0.1, 0.15) is 68.6 Å². The molecule has 0 spiro atoms. The summed E-state index contributed by atoms with van der Waals surface area (Å²) in [6, 6.07) is 1.74. The summed E-state index contributed by atoms with van der Waals surface area (Å²) in [5.74, 6) is -0.580. The van der Waals surface area contributed by atoms with Crippen LogP contribution in [0.25, 0.3) is 0 Å². The van der Waals surface area contributed by atoms with Crippen LogP contribution in [0.4, 0.5) is 0 Å². The number of carbonyl (C=O) groups excluding carboxylic acids is 1. The zero-order chi connectivity index (χ0) is 16.5. The first-order valence-corrected chi connectivity index (χ1v) is 7.85. The molecule has 6 nitrogen and oxygen atoms in total. The molecule has 1 fully saturated rings. The molecule has 0 aliphatic heterocycles. The summed E-state index contributed by atoms with van der Waals surface area (Å²) in [6.45, 7) is 6.13. The van der Waals surface area contributed by atoms with Gasteiger partial charge in [0.1, 0.15) is 11.2 Å². The monoisotopic (exact) mass is 307 g/mol. The summed E-state index contributed by atoms with van der Waals surface area (Å²) in [5, 5.41) is 16.7. The maximum Gasteiger partial charge on any atom is 0.329 e. The molecule has 1 aliphatic carbocycles. The highest BCUT2D eigenvalue weighted by molar-refractivity contribution is 5.96. The van der Waals surface area contributed by atoms with Crippen molar-refractivity contribution in [3.8, 4) is 0 Å². The summed E-state index contributed by atoms with van der Waals surface area (Å²) in [7, 11) is 1.71. The topological polar surface area (TPSA) is 84.2 Å². The first-order chi connectivity index (χ1) is 10.2. The highest BCUT2D eigenvalue weighted by Crippen LogP contribution is 2.32. The van der Waals surface area contributed by atoms with Crippen LogP contribution < -0.4 is 5.32 Å². The van der Waals surface area contributed by atoms with Crippen LogP contribution in [0.2, 0.25) is 0 Å². The van der Waals surface area contributed by atoms with E-state index in [-0.39, 0.29) is 11.8 Å². The minimum atomic E-state index is -1.15. The molecule has 0 atom stereocenters. The van der Waals surface area contributed by atoms with E-state index in [1.54, 1.807) is 13.1 Å². The number of nitrogens with one attached hydrogen (secondary N) is 1. The van der Waals surface area contributed by atoms with Gasteiger partial charge in [-0.05, 0) is 43.6 Å². The number of rotatable bonds is 4. The van der Waals surface area contributed by atoms with E-state index in [1.807, 2.05) is 13.8 Å². The second kappa shape index (κ2) is 6.10. The lowest BCUT2D eigenvalue weighted by atomic mass is 9.77. The quantitative estimate of drug-likeness (QED) is 0.894. The fourth-order valence-corrected chi connectivity index (χ4v) is 2.91. The van der Waals surface area contributed by atoms with E-state index in [0.29, 0.717) is 24.5 Å². The number of carboxylic acids is 1. The van der Waals surface area contributed by atoms with Crippen molar-refractivity contribution in [1.82, 2.24) is 15.1 Å². The summed E-state index contributed by atoms with van der Waals surface area (Å²) < 4.78 is 1.52. The minimum Gasteiger partial charge on any atom is -0.480 e. The van der Waals surface area contributed by atoms with Crippen LogP contribution in [-0.4, -0.2) is 32.3 Å². The van der Waals surface area contributed by atoms with Crippen molar-refractivity contribution < 1.29 is 14.7 Å². The highest BCUT2D eigenvalue weighted by atomic mass is 16.4. The molecule has 0 radical (unpaired) electrons. The van der Waals surface area contributed by atoms with Gasteiger partial charge in [0, 0.05) is 7.05 Å². The van der Waals surface area contributed by atoms with Gasteiger partial charge in [0.2, 0.25) is 0 Å². The number of hydrogen-bond donors (Lipinski definition) is 2. The van der Waals surface area contributed by atoms with Crippen molar-refractivity contribution in [3.05, 3.63) is 17.5 Å². The van der Waals surface area contributed by atoms with E-state index in [1.165, 1.54) is 4.68 Å². The average Bonchev–Trinajstić information content (AvgIpc) is 2.84. The zero-order valence-corrected chi connectivity index (χ0v) is 13.7. The number of carbonyl (C=O) groups is 2. The van der Waals surface area contributed by atoms with Gasteiger partial charge in [0.05, 0.1) is 5.69 Å². The van der Waals surface area contributed by atoms with Crippen molar-refractivity contribution in [3.63, 3.8) is 0 Å². The molecule has 1 amide bonds. The van der Waals surface area contributed by atoms with E-state index in [2.05, 4.69) is 17.3 Å². The summed E-state index contributed by atoms with van der Waals surface area (Å²) in [5.41, 5.74) is 0.0866. The maximum atomic E-state index is 12.5. The van der Waals surface area contributed by atoms with Gasteiger partial charge in [0.25, 0.3) is 5.91 Å². The SMILES string of the molecule is CC1CCC(NC(=O)c2cc(C(C)C)nn2C)(C(=O)O)CC1. The maximum absolute atomic E-state index is 12.5. The van der Waals surface area contributed by atoms with Crippen molar-refractivity contribution in [1.29, 1.82) is 0 Å². The molecule has 0 aromatic carbocycles. The lowest BCUT2D eigenvalue weighted by molar-refractivity contribution is -0.146. The largest absolute Gasteiger partial charge is 0.480 e. The molecule has 6 heteroatoms. The van der Waals surface area contributed by atoms with Crippen LogP contribution >= 0.6 is 0 Å². The Labute approximate surface area is 130 Å². The number of hydrogen-bond acceptors (Lipinski definition) is 3. The second-order valence-corrected chi connectivity index (χ2v) is 6.76. The molecule has 2 N–H and O–H groups in total. The van der Waals surface area contributed by atoms with Gasteiger partial charge < -0.3 is 10.4 Å². The van der Waals surface area contributed by atoms with E-state index in [4.69, 9.17) is 0 Å². The van der Waals surface area contributed by atoms with Gasteiger partial charge in [-0.15, -0.1) is 0 Å². The molecule has 22 heavy (non-hydrogen) atoms. The number of aliphatic carboxylic acids is 1. The molecular weight excluding hydrogens is 282 g/mol. The second-order valence-electron chi connectivity index (χ2n) is 6.76. The average molecular weight is 307 g/mol. The molecule has 0 bridgehead atoms. The van der Waals surface area contributed by atoms with Crippen molar-refractivity contribution in [2.75, 3.05) is 0 Å². The van der Waals surface area contributed by atoms with Crippen molar-refractivity contribution in [2.45, 2.75) is 57.9 Å². The Morgan fingerprint density at radius 2 is 2.00 bits per heavy atom. The molecule has 1 aliphatic rings. The molecular formula is C16H25N3O3. The van der Waals surface area contributed by atoms with Crippen molar-refractivity contribution in [2.24, 2.45) is 13.0 Å². The third kappa shape index (κ3) is 3.15. The van der Waals surface area contributed by atoms with Gasteiger partial charge in [-0.25, -0.2) is 4.79 Å². The summed E-state index contributed by atoms with van der Waals surface area (Å²) >= 11 is 0. The van der Waals surface area contributed by atoms with Crippen LogP contribution in [0, 0.1) is 5.92 Å². The predicted octanol–water partition coefficient (Wildman–Crippen LogP) is 2.31. The Kier molecular flexibility index (Phi) is 4.58. The third-order valence-corrected chi connectivity index (χ3v) is 4.61. The molecule has 2 rings (SSSR count). The minimum absolute atomic E-state index is 0.219. The predicted molar refractivity (Wildman–Crippen MR) is 82.8 cm³/mol. The Bertz CT molecular complexity index is 569. The summed E-state index contributed by atoms with van der Waals surface area (Å²) in [4.78, 5) is 24.2. The molecule has 122 valence electrons. The van der Waals surface area contributed by atoms with Crippen LogP contribution in [-0.2, 0) is 11.8 Å². The van der Waals surface area contributed by atoms with E-state index >= 15 is 0 Å². The highest BCUT2D eigenvalue weighted by Gasteiger charge is 2.43. The first-order valence-electron chi connectivity index (χ1n) is 7.85. The number of amides is 1. The Morgan fingerprint density at radius 1 is 1.41 bits per heavy atom. The Balaban J connectivity index is 2.20. The molecule has 1 aromatic heterocycles. The Morgan fingerprint density at radius 3 is 2.45 bits per heavy atom. The summed E-state index contributed by atoms with van der Waals surface area (Å²) in [6.07, 6.45) is 2.58. The fraction of sp³-hybridized carbons (Fsp3) is 0.688. The van der Waals surface area contributed by atoms with Gasteiger partial charge in [-0.1, -0.05) is 20.8 Å². The van der Waals surface area contributed by atoms with Crippen LogP contribution in [0.5, 0.6) is 0 Å². The van der Waals surface area contributed by atoms with E-state index < -0.39 is 11.5 Å².